The quantitative estimate of drug-likeness (QED) is 0.762. The third-order valence-electron chi connectivity index (χ3n) is 3.64. The van der Waals surface area contributed by atoms with Crippen molar-refractivity contribution in [2.75, 3.05) is 38.2 Å². The number of phenols is 1. The van der Waals surface area contributed by atoms with Gasteiger partial charge in [0, 0.05) is 37.4 Å². The van der Waals surface area contributed by atoms with Gasteiger partial charge >= 0.3 is 0 Å². The van der Waals surface area contributed by atoms with E-state index in [9.17, 15) is 5.11 Å². The summed E-state index contributed by atoms with van der Waals surface area (Å²) in [5, 5.41) is 12.8. The molecule has 1 aromatic rings. The van der Waals surface area contributed by atoms with Crippen LogP contribution in [0.5, 0.6) is 5.75 Å². The highest BCUT2D eigenvalue weighted by Gasteiger charge is 2.25. The van der Waals surface area contributed by atoms with E-state index in [1.54, 1.807) is 6.07 Å². The standard InChI is InChI=1S/C13H18N2O2/c16-12-2-1-10-7-11(9-14-13(10)8-12)15-3-5-17-6-4-15/h1-2,8,11,14,16H,3-7,9H2. The Bertz CT molecular complexity index is 402. The molecule has 4 nitrogen and oxygen atoms in total. The number of nitrogens with zero attached hydrogens (tertiary/aromatic N) is 1. The zero-order valence-electron chi connectivity index (χ0n) is 9.85. The molecule has 2 aliphatic heterocycles. The number of nitrogens with one attached hydrogen (secondary N) is 1. The first kappa shape index (κ1) is 10.9. The van der Waals surface area contributed by atoms with Gasteiger partial charge in [0.05, 0.1) is 13.2 Å². The van der Waals surface area contributed by atoms with Crippen molar-refractivity contribution >= 4 is 5.69 Å². The number of aromatic hydroxyl groups is 1. The molecule has 1 atom stereocenters. The van der Waals surface area contributed by atoms with Gasteiger partial charge in [-0.15, -0.1) is 0 Å². The lowest BCUT2D eigenvalue weighted by Crippen LogP contribution is -2.49. The predicted molar refractivity (Wildman–Crippen MR) is 66.5 cm³/mol. The molecule has 1 aromatic carbocycles. The van der Waals surface area contributed by atoms with Gasteiger partial charge in [-0.2, -0.15) is 0 Å². The fraction of sp³-hybridized carbons (Fsp3) is 0.538. The van der Waals surface area contributed by atoms with Gasteiger partial charge in [-0.05, 0) is 18.1 Å². The molecule has 0 saturated carbocycles. The van der Waals surface area contributed by atoms with Gasteiger partial charge < -0.3 is 15.2 Å². The van der Waals surface area contributed by atoms with Gasteiger partial charge in [0.2, 0.25) is 0 Å². The first-order valence-electron chi connectivity index (χ1n) is 6.20. The fourth-order valence-corrected chi connectivity index (χ4v) is 2.66. The number of fused-ring (bicyclic) bond motifs is 1. The summed E-state index contributed by atoms with van der Waals surface area (Å²) in [5.41, 5.74) is 2.38. The maximum Gasteiger partial charge on any atom is 0.117 e. The van der Waals surface area contributed by atoms with E-state index in [-0.39, 0.29) is 0 Å². The molecule has 17 heavy (non-hydrogen) atoms. The molecular formula is C13H18N2O2. The summed E-state index contributed by atoms with van der Waals surface area (Å²) in [7, 11) is 0. The summed E-state index contributed by atoms with van der Waals surface area (Å²) in [4.78, 5) is 2.49. The topological polar surface area (TPSA) is 44.7 Å². The van der Waals surface area contributed by atoms with Crippen molar-refractivity contribution in [1.29, 1.82) is 0 Å². The van der Waals surface area contributed by atoms with Crippen molar-refractivity contribution in [3.63, 3.8) is 0 Å². The number of hydrogen-bond donors (Lipinski definition) is 2. The second kappa shape index (κ2) is 4.55. The molecule has 0 bridgehead atoms. The molecule has 0 aliphatic carbocycles. The van der Waals surface area contributed by atoms with E-state index >= 15 is 0 Å². The van der Waals surface area contributed by atoms with Crippen molar-refractivity contribution in [3.8, 4) is 5.75 Å². The average Bonchev–Trinajstić information content (AvgIpc) is 2.39. The molecule has 2 N–H and O–H groups in total. The third kappa shape index (κ3) is 2.23. The van der Waals surface area contributed by atoms with Crippen LogP contribution in [0.4, 0.5) is 5.69 Å². The Hall–Kier alpha value is -1.26. The highest BCUT2D eigenvalue weighted by molar-refractivity contribution is 5.57. The Morgan fingerprint density at radius 3 is 2.94 bits per heavy atom. The third-order valence-corrected chi connectivity index (χ3v) is 3.64. The van der Waals surface area contributed by atoms with Crippen LogP contribution < -0.4 is 5.32 Å². The summed E-state index contributed by atoms with van der Waals surface area (Å²) in [5.74, 6) is 0.334. The summed E-state index contributed by atoms with van der Waals surface area (Å²) in [6.45, 7) is 4.70. The minimum atomic E-state index is 0.334. The Balaban J connectivity index is 1.73. The first-order chi connectivity index (χ1) is 8.33. The Morgan fingerprint density at radius 1 is 1.29 bits per heavy atom. The second-order valence-corrected chi connectivity index (χ2v) is 4.73. The summed E-state index contributed by atoms with van der Waals surface area (Å²) < 4.78 is 5.38. The molecule has 0 spiro atoms. The number of hydrogen-bond acceptors (Lipinski definition) is 4. The molecule has 3 rings (SSSR count). The lowest BCUT2D eigenvalue weighted by Gasteiger charge is -2.37. The average molecular weight is 234 g/mol. The molecule has 2 heterocycles. The zero-order chi connectivity index (χ0) is 11.7. The van der Waals surface area contributed by atoms with Crippen LogP contribution >= 0.6 is 0 Å². The van der Waals surface area contributed by atoms with Crippen LogP contribution in [0.1, 0.15) is 5.56 Å². The lowest BCUT2D eigenvalue weighted by atomic mass is 9.98. The molecular weight excluding hydrogens is 216 g/mol. The van der Waals surface area contributed by atoms with Gasteiger partial charge in [-0.3, -0.25) is 4.90 Å². The van der Waals surface area contributed by atoms with E-state index in [1.165, 1.54) is 5.56 Å². The minimum Gasteiger partial charge on any atom is -0.508 e. The number of benzene rings is 1. The molecule has 2 aliphatic rings. The van der Waals surface area contributed by atoms with Gasteiger partial charge in [0.1, 0.15) is 5.75 Å². The SMILES string of the molecule is Oc1ccc2c(c1)NCC(N1CCOCC1)C2. The van der Waals surface area contributed by atoms with Crippen LogP contribution in [-0.2, 0) is 11.2 Å². The molecule has 1 saturated heterocycles. The number of phenolic OH excluding ortho intramolecular Hbond substituents is 1. The zero-order valence-corrected chi connectivity index (χ0v) is 9.85. The smallest absolute Gasteiger partial charge is 0.117 e. The molecule has 4 heteroatoms. The van der Waals surface area contributed by atoms with Crippen LogP contribution in [0.15, 0.2) is 18.2 Å². The van der Waals surface area contributed by atoms with Crippen molar-refractivity contribution < 1.29 is 9.84 Å². The van der Waals surface area contributed by atoms with Gasteiger partial charge in [-0.1, -0.05) is 6.07 Å². The monoisotopic (exact) mass is 234 g/mol. The first-order valence-corrected chi connectivity index (χ1v) is 6.20. The van der Waals surface area contributed by atoms with E-state index in [2.05, 4.69) is 10.2 Å². The van der Waals surface area contributed by atoms with Crippen molar-refractivity contribution in [1.82, 2.24) is 4.90 Å². The normalized spacial score (nSPS) is 25.1. The second-order valence-electron chi connectivity index (χ2n) is 4.73. The van der Waals surface area contributed by atoms with Gasteiger partial charge in [-0.25, -0.2) is 0 Å². The van der Waals surface area contributed by atoms with E-state index < -0.39 is 0 Å². The highest BCUT2D eigenvalue weighted by Crippen LogP contribution is 2.27. The number of rotatable bonds is 1. The maximum absolute atomic E-state index is 9.44. The highest BCUT2D eigenvalue weighted by atomic mass is 16.5. The number of anilines is 1. The van der Waals surface area contributed by atoms with Crippen molar-refractivity contribution in [2.45, 2.75) is 12.5 Å². The van der Waals surface area contributed by atoms with Crippen molar-refractivity contribution in [3.05, 3.63) is 23.8 Å². The largest absolute Gasteiger partial charge is 0.508 e. The van der Waals surface area contributed by atoms with E-state index in [1.807, 2.05) is 12.1 Å². The number of morpholine rings is 1. The summed E-state index contributed by atoms with van der Waals surface area (Å²) in [6.07, 6.45) is 1.06. The number of ether oxygens (including phenoxy) is 1. The van der Waals surface area contributed by atoms with Crippen molar-refractivity contribution in [2.24, 2.45) is 0 Å². The van der Waals surface area contributed by atoms with Crippen LogP contribution in [0, 0.1) is 0 Å². The van der Waals surface area contributed by atoms with E-state index in [0.717, 1.165) is 45.0 Å². The van der Waals surface area contributed by atoms with Gasteiger partial charge in [0.15, 0.2) is 0 Å². The van der Waals surface area contributed by atoms with Crippen LogP contribution in [0.3, 0.4) is 0 Å². The fourth-order valence-electron chi connectivity index (χ4n) is 2.66. The summed E-state index contributed by atoms with van der Waals surface area (Å²) >= 11 is 0. The summed E-state index contributed by atoms with van der Waals surface area (Å²) in [6, 6.07) is 6.15. The minimum absolute atomic E-state index is 0.334. The molecule has 1 fully saturated rings. The lowest BCUT2D eigenvalue weighted by molar-refractivity contribution is 0.0187. The molecule has 0 radical (unpaired) electrons. The molecule has 0 aromatic heterocycles. The van der Waals surface area contributed by atoms with Crippen LogP contribution in [-0.4, -0.2) is 48.9 Å². The Kier molecular flexibility index (Phi) is 2.91. The maximum atomic E-state index is 9.44. The van der Waals surface area contributed by atoms with Gasteiger partial charge in [0.25, 0.3) is 0 Å². The molecule has 92 valence electrons. The Labute approximate surface area is 101 Å². The van der Waals surface area contributed by atoms with Crippen LogP contribution in [0.25, 0.3) is 0 Å². The van der Waals surface area contributed by atoms with Crippen LogP contribution in [0.2, 0.25) is 0 Å². The predicted octanol–water partition coefficient (Wildman–Crippen LogP) is 1.06. The van der Waals surface area contributed by atoms with E-state index in [0.29, 0.717) is 11.8 Å². The Morgan fingerprint density at radius 2 is 2.12 bits per heavy atom. The van der Waals surface area contributed by atoms with E-state index in [4.69, 9.17) is 4.74 Å². The molecule has 1 unspecified atom stereocenters. The molecule has 0 amide bonds.